The summed E-state index contributed by atoms with van der Waals surface area (Å²) >= 11 is 0. The van der Waals surface area contributed by atoms with E-state index in [0.29, 0.717) is 18.6 Å². The van der Waals surface area contributed by atoms with Gasteiger partial charge in [0.25, 0.3) is 0 Å². The highest BCUT2D eigenvalue weighted by Gasteiger charge is 2.21. The van der Waals surface area contributed by atoms with Crippen LogP contribution in [0, 0.1) is 5.92 Å². The van der Waals surface area contributed by atoms with Crippen LogP contribution in [0.25, 0.3) is 0 Å². The fourth-order valence-electron chi connectivity index (χ4n) is 2.36. The van der Waals surface area contributed by atoms with Crippen LogP contribution in [0.15, 0.2) is 24.3 Å². The Labute approximate surface area is 103 Å². The average Bonchev–Trinajstić information content (AvgIpc) is 2.87. The maximum absolute atomic E-state index is 9.14. The van der Waals surface area contributed by atoms with Crippen molar-refractivity contribution in [3.63, 3.8) is 0 Å². The second-order valence-electron chi connectivity index (χ2n) is 4.89. The lowest BCUT2D eigenvalue weighted by molar-refractivity contribution is 0.238. The molecule has 1 saturated heterocycles. The zero-order valence-electron chi connectivity index (χ0n) is 10.7. The molecular weight excluding hydrogens is 212 g/mol. The third-order valence-corrected chi connectivity index (χ3v) is 3.74. The van der Waals surface area contributed by atoms with E-state index in [1.807, 2.05) is 7.05 Å². The Balaban J connectivity index is 2.03. The van der Waals surface area contributed by atoms with E-state index < -0.39 is 0 Å². The van der Waals surface area contributed by atoms with Crippen LogP contribution in [-0.4, -0.2) is 31.9 Å². The molecule has 94 valence electrons. The van der Waals surface area contributed by atoms with E-state index in [1.54, 1.807) is 0 Å². The fourth-order valence-corrected chi connectivity index (χ4v) is 2.36. The molecule has 2 rings (SSSR count). The number of aliphatic hydroxyl groups excluding tert-OH is 1. The van der Waals surface area contributed by atoms with Gasteiger partial charge in [0.1, 0.15) is 0 Å². The zero-order chi connectivity index (χ0) is 12.3. The molecule has 0 amide bonds. The minimum atomic E-state index is 0.311. The number of aliphatic hydroxyl groups is 1. The fraction of sp³-hybridized carbons (Fsp3) is 0.571. The van der Waals surface area contributed by atoms with Gasteiger partial charge in [0, 0.05) is 37.3 Å². The molecule has 1 aromatic rings. The highest BCUT2D eigenvalue weighted by molar-refractivity contribution is 5.48. The smallest absolute Gasteiger partial charge is 0.0476 e. The van der Waals surface area contributed by atoms with E-state index in [0.717, 1.165) is 19.5 Å². The molecule has 2 unspecified atom stereocenters. The van der Waals surface area contributed by atoms with E-state index in [9.17, 15) is 0 Å². The number of benzene rings is 1. The Morgan fingerprint density at radius 1 is 1.41 bits per heavy atom. The normalized spacial score (nSPS) is 21.8. The van der Waals surface area contributed by atoms with Crippen molar-refractivity contribution in [2.45, 2.75) is 19.4 Å². The Bertz CT molecular complexity index is 350. The summed E-state index contributed by atoms with van der Waals surface area (Å²) in [5, 5.41) is 12.4. The maximum atomic E-state index is 9.14. The molecule has 2 N–H and O–H groups in total. The summed E-state index contributed by atoms with van der Waals surface area (Å²) in [7, 11) is 1.98. The number of nitrogens with one attached hydrogen (secondary N) is 1. The monoisotopic (exact) mass is 234 g/mol. The van der Waals surface area contributed by atoms with Gasteiger partial charge in [-0.15, -0.1) is 0 Å². The van der Waals surface area contributed by atoms with Gasteiger partial charge in [-0.2, -0.15) is 0 Å². The van der Waals surface area contributed by atoms with Gasteiger partial charge >= 0.3 is 0 Å². The molecule has 1 aliphatic heterocycles. The summed E-state index contributed by atoms with van der Waals surface area (Å²) in [5.41, 5.74) is 2.59. The highest BCUT2D eigenvalue weighted by atomic mass is 16.3. The number of anilines is 1. The van der Waals surface area contributed by atoms with Gasteiger partial charge in [-0.25, -0.2) is 0 Å². The average molecular weight is 234 g/mol. The molecule has 0 saturated carbocycles. The van der Waals surface area contributed by atoms with Gasteiger partial charge in [0.05, 0.1) is 0 Å². The van der Waals surface area contributed by atoms with Gasteiger partial charge in [0.2, 0.25) is 0 Å². The summed E-state index contributed by atoms with van der Waals surface area (Å²) < 4.78 is 0. The molecule has 0 spiro atoms. The molecule has 0 bridgehead atoms. The van der Waals surface area contributed by atoms with Crippen molar-refractivity contribution in [1.29, 1.82) is 0 Å². The third-order valence-electron chi connectivity index (χ3n) is 3.74. The van der Waals surface area contributed by atoms with Crippen LogP contribution in [0.2, 0.25) is 0 Å². The van der Waals surface area contributed by atoms with Crippen LogP contribution in [0.1, 0.15) is 24.9 Å². The van der Waals surface area contributed by atoms with Crippen LogP contribution in [0.4, 0.5) is 5.69 Å². The van der Waals surface area contributed by atoms with Crippen LogP contribution in [0.3, 0.4) is 0 Å². The Morgan fingerprint density at radius 2 is 2.12 bits per heavy atom. The first-order chi connectivity index (χ1) is 8.24. The van der Waals surface area contributed by atoms with Crippen molar-refractivity contribution < 1.29 is 5.11 Å². The van der Waals surface area contributed by atoms with Crippen molar-refractivity contribution in [3.05, 3.63) is 29.8 Å². The Hall–Kier alpha value is -1.06. The first kappa shape index (κ1) is 12.4. The number of hydrogen-bond acceptors (Lipinski definition) is 3. The molecule has 0 radical (unpaired) electrons. The molecular formula is C14H22N2O. The molecule has 1 aromatic carbocycles. The lowest BCUT2D eigenvalue weighted by Gasteiger charge is -2.19. The topological polar surface area (TPSA) is 35.5 Å². The summed E-state index contributed by atoms with van der Waals surface area (Å²) in [6.07, 6.45) is 1.10. The Morgan fingerprint density at radius 3 is 2.65 bits per heavy atom. The third kappa shape index (κ3) is 2.79. The van der Waals surface area contributed by atoms with E-state index in [2.05, 4.69) is 41.4 Å². The number of hydrogen-bond donors (Lipinski definition) is 2. The second-order valence-corrected chi connectivity index (χ2v) is 4.89. The second kappa shape index (κ2) is 5.52. The quantitative estimate of drug-likeness (QED) is 0.833. The summed E-state index contributed by atoms with van der Waals surface area (Å²) in [6.45, 7) is 4.52. The van der Waals surface area contributed by atoms with Gasteiger partial charge < -0.3 is 15.3 Å². The van der Waals surface area contributed by atoms with Crippen molar-refractivity contribution in [2.24, 2.45) is 5.92 Å². The number of nitrogens with zero attached hydrogens (tertiary/aromatic N) is 1. The van der Waals surface area contributed by atoms with Gasteiger partial charge in [-0.05, 0) is 38.1 Å². The predicted octanol–water partition coefficient (Wildman–Crippen LogP) is 1.79. The van der Waals surface area contributed by atoms with Crippen LogP contribution >= 0.6 is 0 Å². The summed E-state index contributed by atoms with van der Waals surface area (Å²) in [5.74, 6) is 0.450. The summed E-state index contributed by atoms with van der Waals surface area (Å²) in [4.78, 5) is 2.36. The van der Waals surface area contributed by atoms with Gasteiger partial charge in [-0.1, -0.05) is 12.1 Å². The van der Waals surface area contributed by atoms with Crippen molar-refractivity contribution in [2.75, 3.05) is 31.6 Å². The van der Waals surface area contributed by atoms with E-state index in [4.69, 9.17) is 5.11 Å². The highest BCUT2D eigenvalue weighted by Crippen LogP contribution is 2.25. The number of rotatable bonds is 4. The molecule has 3 nitrogen and oxygen atoms in total. The SMILES string of the molecule is CNC(C)c1ccc(N2CCC(CO)C2)cc1. The van der Waals surface area contributed by atoms with E-state index >= 15 is 0 Å². The lowest BCUT2D eigenvalue weighted by atomic mass is 10.1. The van der Waals surface area contributed by atoms with E-state index in [-0.39, 0.29) is 0 Å². The molecule has 0 aromatic heterocycles. The van der Waals surface area contributed by atoms with Crippen molar-refractivity contribution >= 4 is 5.69 Å². The van der Waals surface area contributed by atoms with Crippen LogP contribution in [0.5, 0.6) is 0 Å². The predicted molar refractivity (Wildman–Crippen MR) is 71.3 cm³/mol. The first-order valence-corrected chi connectivity index (χ1v) is 6.37. The lowest BCUT2D eigenvalue weighted by Crippen LogP contribution is -2.20. The molecule has 1 heterocycles. The molecule has 1 fully saturated rings. The largest absolute Gasteiger partial charge is 0.396 e. The first-order valence-electron chi connectivity index (χ1n) is 6.37. The molecule has 2 atom stereocenters. The standard InChI is InChI=1S/C14H22N2O/c1-11(15-2)13-3-5-14(6-4-13)16-8-7-12(9-16)10-17/h3-6,11-12,15,17H,7-10H2,1-2H3. The molecule has 0 aliphatic carbocycles. The van der Waals surface area contributed by atoms with Crippen LogP contribution < -0.4 is 10.2 Å². The molecule has 3 heteroatoms. The van der Waals surface area contributed by atoms with Gasteiger partial charge in [0.15, 0.2) is 0 Å². The minimum Gasteiger partial charge on any atom is -0.396 e. The molecule has 17 heavy (non-hydrogen) atoms. The molecule has 1 aliphatic rings. The minimum absolute atomic E-state index is 0.311. The Kier molecular flexibility index (Phi) is 4.02. The van der Waals surface area contributed by atoms with Crippen molar-refractivity contribution in [1.82, 2.24) is 5.32 Å². The van der Waals surface area contributed by atoms with E-state index in [1.165, 1.54) is 11.3 Å². The zero-order valence-corrected chi connectivity index (χ0v) is 10.7. The van der Waals surface area contributed by atoms with Crippen molar-refractivity contribution in [3.8, 4) is 0 Å². The van der Waals surface area contributed by atoms with Crippen LogP contribution in [-0.2, 0) is 0 Å². The maximum Gasteiger partial charge on any atom is 0.0476 e. The van der Waals surface area contributed by atoms with Gasteiger partial charge in [-0.3, -0.25) is 0 Å². The summed E-state index contributed by atoms with van der Waals surface area (Å²) in [6, 6.07) is 9.13.